The highest BCUT2D eigenvalue weighted by molar-refractivity contribution is 14.1. The highest BCUT2D eigenvalue weighted by Crippen LogP contribution is 2.36. The quantitative estimate of drug-likeness (QED) is 0.127. The van der Waals surface area contributed by atoms with E-state index in [0.717, 1.165) is 29.6 Å². The normalized spacial score (nSPS) is 12.6. The van der Waals surface area contributed by atoms with Crippen LogP contribution in [-0.4, -0.2) is 6.79 Å². The Kier molecular flexibility index (Phi) is 6.42. The van der Waals surface area contributed by atoms with E-state index in [9.17, 15) is 5.26 Å². The Hall–Kier alpha value is -2.77. The van der Waals surface area contributed by atoms with Crippen molar-refractivity contribution in [2.24, 2.45) is 0 Å². The van der Waals surface area contributed by atoms with Crippen LogP contribution >= 0.6 is 45.2 Å². The highest BCUT2D eigenvalue weighted by Gasteiger charge is 2.15. The molecule has 162 valence electrons. The molecule has 0 saturated heterocycles. The molecule has 33 heavy (non-hydrogen) atoms. The third kappa shape index (κ3) is 4.66. The number of ether oxygens (including phenoxy) is 3. The molecule has 0 amide bonds. The van der Waals surface area contributed by atoms with Gasteiger partial charge in [-0.15, -0.1) is 0 Å². The van der Waals surface area contributed by atoms with Crippen LogP contribution < -0.4 is 14.2 Å². The van der Waals surface area contributed by atoms with Gasteiger partial charge in [-0.1, -0.05) is 42.5 Å². The number of nitriles is 1. The van der Waals surface area contributed by atoms with Gasteiger partial charge in [-0.25, -0.2) is 0 Å². The number of fused-ring (bicyclic) bond motifs is 2. The molecule has 1 aliphatic rings. The minimum absolute atomic E-state index is 0.209. The molecule has 6 heteroatoms. The van der Waals surface area contributed by atoms with Crippen molar-refractivity contribution < 1.29 is 14.2 Å². The van der Waals surface area contributed by atoms with Gasteiger partial charge in [0.1, 0.15) is 12.4 Å². The van der Waals surface area contributed by atoms with Crippen LogP contribution in [0, 0.1) is 18.5 Å². The van der Waals surface area contributed by atoms with E-state index in [1.54, 1.807) is 0 Å². The van der Waals surface area contributed by atoms with Gasteiger partial charge in [0.25, 0.3) is 0 Å². The molecule has 0 fully saturated rings. The lowest BCUT2D eigenvalue weighted by molar-refractivity contribution is 0.174. The van der Waals surface area contributed by atoms with Gasteiger partial charge in [0.2, 0.25) is 6.79 Å². The zero-order chi connectivity index (χ0) is 22.8. The van der Waals surface area contributed by atoms with Crippen molar-refractivity contribution in [2.45, 2.75) is 6.61 Å². The minimum atomic E-state index is 0.209. The van der Waals surface area contributed by atoms with Gasteiger partial charge in [-0.2, -0.15) is 5.26 Å². The Balaban J connectivity index is 1.40. The van der Waals surface area contributed by atoms with E-state index in [1.807, 2.05) is 48.5 Å². The minimum Gasteiger partial charge on any atom is -0.487 e. The molecule has 4 nitrogen and oxygen atoms in total. The maximum atomic E-state index is 9.76. The summed E-state index contributed by atoms with van der Waals surface area (Å²) in [5, 5.41) is 12.2. The Morgan fingerprint density at radius 3 is 2.52 bits per heavy atom. The summed E-state index contributed by atoms with van der Waals surface area (Å²) in [5.74, 6) is 2.21. The smallest absolute Gasteiger partial charge is 0.231 e. The Labute approximate surface area is 219 Å². The average molecular weight is 657 g/mol. The zero-order valence-corrected chi connectivity index (χ0v) is 21.7. The standard InChI is InChI=1S/C27H17I2NO3/c28-23-11-17(10-21(14-30)19-8-9-25-26(13-19)33-16-32-25)12-24(29)27(23)31-15-20-6-3-5-18-4-1-2-7-22(18)20/h1-13H,15-16H2/b21-10-. The fraction of sp³-hybridized carbons (Fsp3) is 0.0741. The van der Waals surface area contributed by atoms with Crippen molar-refractivity contribution in [3.8, 4) is 23.3 Å². The maximum absolute atomic E-state index is 9.76. The van der Waals surface area contributed by atoms with Gasteiger partial charge < -0.3 is 14.2 Å². The first-order valence-electron chi connectivity index (χ1n) is 10.2. The topological polar surface area (TPSA) is 51.5 Å². The van der Waals surface area contributed by atoms with E-state index in [-0.39, 0.29) is 6.79 Å². The molecule has 4 aromatic rings. The van der Waals surface area contributed by atoms with Crippen LogP contribution in [0.2, 0.25) is 0 Å². The maximum Gasteiger partial charge on any atom is 0.231 e. The number of allylic oxidation sites excluding steroid dienone is 1. The van der Waals surface area contributed by atoms with E-state index >= 15 is 0 Å². The molecule has 0 radical (unpaired) electrons. The summed E-state index contributed by atoms with van der Waals surface area (Å²) in [6, 6.07) is 26.5. The molecule has 5 rings (SSSR count). The van der Waals surface area contributed by atoms with Crippen LogP contribution in [0.25, 0.3) is 22.4 Å². The SMILES string of the molecule is N#C/C(=C/c1cc(I)c(OCc2cccc3ccccc23)c(I)c1)c1ccc2c(c1)OCO2. The predicted octanol–water partition coefficient (Wildman–Crippen LogP) is 7.42. The van der Waals surface area contributed by atoms with Gasteiger partial charge in [0.15, 0.2) is 11.5 Å². The van der Waals surface area contributed by atoms with E-state index in [1.165, 1.54) is 10.8 Å². The Morgan fingerprint density at radius 1 is 0.939 bits per heavy atom. The molecule has 1 heterocycles. The van der Waals surface area contributed by atoms with Crippen molar-refractivity contribution in [3.63, 3.8) is 0 Å². The van der Waals surface area contributed by atoms with Crippen LogP contribution in [0.3, 0.4) is 0 Å². The number of benzene rings is 4. The molecule has 0 N–H and O–H groups in total. The molecule has 0 aliphatic carbocycles. The summed E-state index contributed by atoms with van der Waals surface area (Å²) in [5.41, 5.74) is 3.45. The molecule has 0 atom stereocenters. The number of hydrogen-bond donors (Lipinski definition) is 0. The number of hydrogen-bond acceptors (Lipinski definition) is 4. The summed E-state index contributed by atoms with van der Waals surface area (Å²) in [4.78, 5) is 0. The molecule has 0 bridgehead atoms. The van der Waals surface area contributed by atoms with Crippen LogP contribution in [0.15, 0.2) is 72.8 Å². The summed E-state index contributed by atoms with van der Waals surface area (Å²) in [6.45, 7) is 0.699. The summed E-state index contributed by atoms with van der Waals surface area (Å²) in [6.07, 6.45) is 1.89. The monoisotopic (exact) mass is 657 g/mol. The van der Waals surface area contributed by atoms with Gasteiger partial charge in [0, 0.05) is 0 Å². The van der Waals surface area contributed by atoms with Crippen molar-refractivity contribution in [3.05, 3.63) is 96.6 Å². The van der Waals surface area contributed by atoms with E-state index in [4.69, 9.17) is 14.2 Å². The summed E-state index contributed by atoms with van der Waals surface area (Å²) >= 11 is 4.58. The lowest BCUT2D eigenvalue weighted by Gasteiger charge is -2.13. The van der Waals surface area contributed by atoms with Crippen LogP contribution in [-0.2, 0) is 6.61 Å². The first-order valence-corrected chi connectivity index (χ1v) is 12.4. The second kappa shape index (κ2) is 9.61. The molecule has 0 spiro atoms. The summed E-state index contributed by atoms with van der Waals surface area (Å²) < 4.78 is 19.1. The summed E-state index contributed by atoms with van der Waals surface area (Å²) in [7, 11) is 0. The van der Waals surface area contributed by atoms with Gasteiger partial charge in [-0.3, -0.25) is 0 Å². The molecule has 0 saturated carbocycles. The lowest BCUT2D eigenvalue weighted by Crippen LogP contribution is -2.00. The number of nitrogens with zero attached hydrogens (tertiary/aromatic N) is 1. The second-order valence-corrected chi connectivity index (χ2v) is 9.80. The zero-order valence-electron chi connectivity index (χ0n) is 17.3. The Bertz CT molecular complexity index is 1410. The van der Waals surface area contributed by atoms with Crippen molar-refractivity contribution in [1.82, 2.24) is 0 Å². The van der Waals surface area contributed by atoms with Gasteiger partial charge in [0.05, 0.1) is 18.8 Å². The first kappa shape index (κ1) is 22.0. The first-order chi connectivity index (χ1) is 16.1. The number of halogens is 2. The van der Waals surface area contributed by atoms with E-state index in [2.05, 4.69) is 81.6 Å². The highest BCUT2D eigenvalue weighted by atomic mass is 127. The molecule has 0 unspecified atom stereocenters. The van der Waals surface area contributed by atoms with E-state index < -0.39 is 0 Å². The van der Waals surface area contributed by atoms with Gasteiger partial charge >= 0.3 is 0 Å². The fourth-order valence-electron chi connectivity index (χ4n) is 3.78. The third-order valence-corrected chi connectivity index (χ3v) is 6.99. The predicted molar refractivity (Wildman–Crippen MR) is 146 cm³/mol. The number of rotatable bonds is 5. The largest absolute Gasteiger partial charge is 0.487 e. The van der Waals surface area contributed by atoms with Crippen LogP contribution in [0.4, 0.5) is 0 Å². The molecule has 4 aromatic carbocycles. The molecular weight excluding hydrogens is 640 g/mol. The average Bonchev–Trinajstić information content (AvgIpc) is 3.30. The Morgan fingerprint density at radius 2 is 1.70 bits per heavy atom. The van der Waals surface area contributed by atoms with Crippen molar-refractivity contribution in [2.75, 3.05) is 6.79 Å². The van der Waals surface area contributed by atoms with Crippen LogP contribution in [0.5, 0.6) is 17.2 Å². The molecule has 0 aromatic heterocycles. The van der Waals surface area contributed by atoms with Crippen molar-refractivity contribution in [1.29, 1.82) is 5.26 Å². The third-order valence-electron chi connectivity index (χ3n) is 5.39. The lowest BCUT2D eigenvalue weighted by atomic mass is 10.0. The molecule has 1 aliphatic heterocycles. The molecular formula is C27H17I2NO3. The second-order valence-electron chi connectivity index (χ2n) is 7.48. The van der Waals surface area contributed by atoms with Gasteiger partial charge in [-0.05, 0) is 109 Å². The van der Waals surface area contributed by atoms with E-state index in [0.29, 0.717) is 23.7 Å². The fourth-order valence-corrected chi connectivity index (χ4v) is 5.91. The van der Waals surface area contributed by atoms with Crippen molar-refractivity contribution >= 4 is 67.6 Å². The van der Waals surface area contributed by atoms with Crippen LogP contribution in [0.1, 0.15) is 16.7 Å².